The third kappa shape index (κ3) is 3.98. The molecule has 0 bridgehead atoms. The standard InChI is InChI=1S/C16H17ClF2N4O3S/c1-23-7-10(27(25,26)22-16(8-20)2-3-16)6-13(23)15(24)21-9-4-11(17)14(19)12(18)5-9/h4-7,22H,2-3,8,20H2,1H3,(H,21,24). The summed E-state index contributed by atoms with van der Waals surface area (Å²) in [5.41, 5.74) is 4.91. The number of aromatic nitrogens is 1. The monoisotopic (exact) mass is 418 g/mol. The second-order valence-corrected chi connectivity index (χ2v) is 8.56. The number of carbonyl (C=O) groups is 1. The number of hydrogen-bond donors (Lipinski definition) is 3. The largest absolute Gasteiger partial charge is 0.345 e. The summed E-state index contributed by atoms with van der Waals surface area (Å²) >= 11 is 5.56. The van der Waals surface area contributed by atoms with Gasteiger partial charge in [-0.3, -0.25) is 4.79 Å². The number of nitrogens with two attached hydrogens (primary N) is 1. The number of anilines is 1. The van der Waals surface area contributed by atoms with Crippen LogP contribution in [0.25, 0.3) is 0 Å². The molecular formula is C16H17ClF2N4O3S. The third-order valence-electron chi connectivity index (χ3n) is 4.36. The van der Waals surface area contributed by atoms with Gasteiger partial charge in [0.1, 0.15) is 10.6 Å². The van der Waals surface area contributed by atoms with E-state index in [-0.39, 0.29) is 22.8 Å². The van der Waals surface area contributed by atoms with Crippen LogP contribution in [0.15, 0.2) is 29.3 Å². The van der Waals surface area contributed by atoms with Crippen molar-refractivity contribution in [3.8, 4) is 0 Å². The van der Waals surface area contributed by atoms with Crippen LogP contribution in [0.4, 0.5) is 14.5 Å². The molecule has 7 nitrogen and oxygen atoms in total. The molecule has 1 amide bonds. The molecule has 2 aromatic rings. The molecule has 0 aliphatic heterocycles. The Balaban J connectivity index is 1.83. The first-order chi connectivity index (χ1) is 12.6. The van der Waals surface area contributed by atoms with Gasteiger partial charge in [-0.15, -0.1) is 0 Å². The fraction of sp³-hybridized carbons (Fsp3) is 0.312. The predicted molar refractivity (Wildman–Crippen MR) is 96.1 cm³/mol. The van der Waals surface area contributed by atoms with Crippen molar-refractivity contribution in [1.29, 1.82) is 0 Å². The zero-order chi connectivity index (χ0) is 20.0. The molecular weight excluding hydrogens is 402 g/mol. The summed E-state index contributed by atoms with van der Waals surface area (Å²) in [6.45, 7) is 0.184. The van der Waals surface area contributed by atoms with E-state index in [1.165, 1.54) is 23.9 Å². The molecule has 27 heavy (non-hydrogen) atoms. The van der Waals surface area contributed by atoms with E-state index in [2.05, 4.69) is 10.0 Å². The minimum Gasteiger partial charge on any atom is -0.345 e. The Bertz CT molecular complexity index is 996. The molecule has 146 valence electrons. The smallest absolute Gasteiger partial charge is 0.272 e. The molecule has 11 heteroatoms. The first kappa shape index (κ1) is 19.7. The Kier molecular flexibility index (Phi) is 5.02. The predicted octanol–water partition coefficient (Wildman–Crippen LogP) is 1.98. The molecule has 0 spiro atoms. The summed E-state index contributed by atoms with van der Waals surface area (Å²) in [6.07, 6.45) is 2.58. The van der Waals surface area contributed by atoms with Crippen molar-refractivity contribution in [2.24, 2.45) is 12.8 Å². The topological polar surface area (TPSA) is 106 Å². The van der Waals surface area contributed by atoms with Crippen LogP contribution in [-0.2, 0) is 17.1 Å². The molecule has 0 radical (unpaired) electrons. The average molecular weight is 419 g/mol. The number of amides is 1. The number of benzene rings is 1. The van der Waals surface area contributed by atoms with E-state index in [1.807, 2.05) is 0 Å². The van der Waals surface area contributed by atoms with Crippen LogP contribution in [0.5, 0.6) is 0 Å². The molecule has 1 aromatic carbocycles. The van der Waals surface area contributed by atoms with Crippen molar-refractivity contribution in [2.45, 2.75) is 23.3 Å². The molecule has 1 aliphatic rings. The van der Waals surface area contributed by atoms with E-state index in [4.69, 9.17) is 17.3 Å². The molecule has 1 fully saturated rings. The highest BCUT2D eigenvalue weighted by Crippen LogP contribution is 2.35. The lowest BCUT2D eigenvalue weighted by Gasteiger charge is -2.13. The Hall–Kier alpha value is -2.01. The van der Waals surface area contributed by atoms with Crippen molar-refractivity contribution in [3.63, 3.8) is 0 Å². The number of hydrogen-bond acceptors (Lipinski definition) is 4. The Morgan fingerprint density at radius 3 is 2.56 bits per heavy atom. The van der Waals surface area contributed by atoms with E-state index >= 15 is 0 Å². The van der Waals surface area contributed by atoms with Crippen LogP contribution in [-0.4, -0.2) is 31.0 Å². The zero-order valence-corrected chi connectivity index (χ0v) is 15.8. The molecule has 1 aromatic heterocycles. The summed E-state index contributed by atoms with van der Waals surface area (Å²) in [7, 11) is -2.37. The molecule has 1 aliphatic carbocycles. The van der Waals surface area contributed by atoms with Crippen LogP contribution in [0, 0.1) is 11.6 Å². The highest BCUT2D eigenvalue weighted by Gasteiger charge is 2.45. The van der Waals surface area contributed by atoms with Gasteiger partial charge in [0.2, 0.25) is 10.0 Å². The van der Waals surface area contributed by atoms with E-state index in [0.29, 0.717) is 12.8 Å². The Morgan fingerprint density at radius 1 is 1.33 bits per heavy atom. The van der Waals surface area contributed by atoms with Gasteiger partial charge >= 0.3 is 0 Å². The number of halogens is 3. The molecule has 3 rings (SSSR count). The highest BCUT2D eigenvalue weighted by molar-refractivity contribution is 7.89. The van der Waals surface area contributed by atoms with Crippen LogP contribution in [0.3, 0.4) is 0 Å². The summed E-state index contributed by atoms with van der Waals surface area (Å²) in [6, 6.07) is 3.02. The fourth-order valence-corrected chi connectivity index (χ4v) is 4.32. The minimum atomic E-state index is -3.86. The summed E-state index contributed by atoms with van der Waals surface area (Å²) in [5.74, 6) is -3.14. The lowest BCUT2D eigenvalue weighted by Crippen LogP contribution is -2.42. The number of carbonyl (C=O) groups excluding carboxylic acids is 1. The molecule has 1 saturated carbocycles. The lowest BCUT2D eigenvalue weighted by molar-refractivity contribution is 0.101. The van der Waals surface area contributed by atoms with Crippen LogP contribution >= 0.6 is 11.6 Å². The van der Waals surface area contributed by atoms with E-state index in [0.717, 1.165) is 12.1 Å². The van der Waals surface area contributed by atoms with Gasteiger partial charge in [-0.2, -0.15) is 0 Å². The van der Waals surface area contributed by atoms with Crippen molar-refractivity contribution >= 4 is 33.2 Å². The van der Waals surface area contributed by atoms with Crippen molar-refractivity contribution in [2.75, 3.05) is 11.9 Å². The zero-order valence-electron chi connectivity index (χ0n) is 14.2. The number of aryl methyl sites for hydroxylation is 1. The van der Waals surface area contributed by atoms with Gasteiger partial charge in [-0.1, -0.05) is 11.6 Å². The quantitative estimate of drug-likeness (QED) is 0.623. The van der Waals surface area contributed by atoms with Gasteiger partial charge in [-0.05, 0) is 25.0 Å². The normalized spacial score (nSPS) is 15.6. The molecule has 1 heterocycles. The molecule has 0 atom stereocenters. The lowest BCUT2D eigenvalue weighted by atomic mass is 10.3. The summed E-state index contributed by atoms with van der Waals surface area (Å²) in [4.78, 5) is 12.3. The number of nitrogens with zero attached hydrogens (tertiary/aromatic N) is 1. The number of rotatable bonds is 6. The average Bonchev–Trinajstić information content (AvgIpc) is 3.23. The number of nitrogens with one attached hydrogen (secondary N) is 2. The minimum absolute atomic E-state index is 0.00817. The van der Waals surface area contributed by atoms with Gasteiger partial charge < -0.3 is 15.6 Å². The van der Waals surface area contributed by atoms with Crippen LogP contribution in [0.2, 0.25) is 5.02 Å². The second-order valence-electron chi connectivity index (χ2n) is 6.47. The van der Waals surface area contributed by atoms with Crippen LogP contribution in [0.1, 0.15) is 23.3 Å². The molecule has 0 unspecified atom stereocenters. The summed E-state index contributed by atoms with van der Waals surface area (Å²) < 4.78 is 55.5. The van der Waals surface area contributed by atoms with Gasteiger partial charge in [0, 0.05) is 37.1 Å². The van der Waals surface area contributed by atoms with Crippen molar-refractivity contribution in [1.82, 2.24) is 9.29 Å². The SMILES string of the molecule is Cn1cc(S(=O)(=O)NC2(CN)CC2)cc1C(=O)Nc1cc(F)c(F)c(Cl)c1. The van der Waals surface area contributed by atoms with E-state index < -0.39 is 38.1 Å². The maximum absolute atomic E-state index is 13.4. The maximum Gasteiger partial charge on any atom is 0.272 e. The first-order valence-corrected chi connectivity index (χ1v) is 9.79. The fourth-order valence-electron chi connectivity index (χ4n) is 2.57. The van der Waals surface area contributed by atoms with Gasteiger partial charge in [0.25, 0.3) is 5.91 Å². The van der Waals surface area contributed by atoms with Crippen LogP contribution < -0.4 is 15.8 Å². The van der Waals surface area contributed by atoms with Gasteiger partial charge in [-0.25, -0.2) is 21.9 Å². The van der Waals surface area contributed by atoms with E-state index in [1.54, 1.807) is 0 Å². The van der Waals surface area contributed by atoms with E-state index in [9.17, 15) is 22.0 Å². The van der Waals surface area contributed by atoms with Crippen molar-refractivity contribution in [3.05, 3.63) is 46.7 Å². The molecule has 0 saturated heterocycles. The first-order valence-electron chi connectivity index (χ1n) is 7.93. The third-order valence-corrected chi connectivity index (χ3v) is 6.18. The van der Waals surface area contributed by atoms with Gasteiger partial charge in [0.05, 0.1) is 5.02 Å². The highest BCUT2D eigenvalue weighted by atomic mass is 35.5. The Morgan fingerprint density at radius 2 is 2.00 bits per heavy atom. The van der Waals surface area contributed by atoms with Crippen molar-refractivity contribution < 1.29 is 22.0 Å². The maximum atomic E-state index is 13.4. The summed E-state index contributed by atoms with van der Waals surface area (Å²) in [5, 5.41) is 1.87. The Labute approximate surface area is 159 Å². The second kappa shape index (κ2) is 6.86. The number of sulfonamides is 1. The van der Waals surface area contributed by atoms with Gasteiger partial charge in [0.15, 0.2) is 11.6 Å². The molecule has 4 N–H and O–H groups in total.